The summed E-state index contributed by atoms with van der Waals surface area (Å²) in [5.41, 5.74) is 4.42. The molecule has 2 aromatic rings. The zero-order valence-corrected chi connectivity index (χ0v) is 17.3. The van der Waals surface area contributed by atoms with Crippen LogP contribution < -0.4 is 4.74 Å². The molecule has 7 nitrogen and oxygen atoms in total. The zero-order valence-electron chi connectivity index (χ0n) is 17.3. The summed E-state index contributed by atoms with van der Waals surface area (Å²) in [6.45, 7) is 6.38. The molecular formula is C22H28N2O5. The lowest BCUT2D eigenvalue weighted by Crippen LogP contribution is -2.21. The molecule has 0 saturated heterocycles. The van der Waals surface area contributed by atoms with Crippen LogP contribution in [0.2, 0.25) is 0 Å². The van der Waals surface area contributed by atoms with E-state index in [1.165, 1.54) is 0 Å². The highest BCUT2D eigenvalue weighted by atomic mass is 16.5. The fourth-order valence-electron chi connectivity index (χ4n) is 4.19. The molecule has 0 amide bonds. The topological polar surface area (TPSA) is 93.7 Å². The van der Waals surface area contributed by atoms with Gasteiger partial charge < -0.3 is 23.9 Å². The van der Waals surface area contributed by atoms with Gasteiger partial charge >= 0.3 is 5.97 Å². The minimum absolute atomic E-state index is 0.0889. The van der Waals surface area contributed by atoms with Crippen molar-refractivity contribution in [1.82, 2.24) is 4.57 Å². The first kappa shape index (κ1) is 21.2. The summed E-state index contributed by atoms with van der Waals surface area (Å²) in [7, 11) is 1.66. The van der Waals surface area contributed by atoms with Gasteiger partial charge in [-0.05, 0) is 31.4 Å². The summed E-state index contributed by atoms with van der Waals surface area (Å²) in [6, 6.07) is 4.13. The third-order valence-electron chi connectivity index (χ3n) is 5.33. The number of methoxy groups -OCH3 is 1. The summed E-state index contributed by atoms with van der Waals surface area (Å²) in [6.07, 6.45) is 1.72. The van der Waals surface area contributed by atoms with Crippen molar-refractivity contribution in [1.29, 1.82) is 5.26 Å². The highest BCUT2D eigenvalue weighted by Gasteiger charge is 2.32. The number of hydrogen-bond acceptors (Lipinski definition) is 5. The van der Waals surface area contributed by atoms with Gasteiger partial charge in [0.15, 0.2) is 0 Å². The number of aromatic nitrogens is 1. The molecule has 0 bridgehead atoms. The van der Waals surface area contributed by atoms with Crippen LogP contribution in [-0.2, 0) is 27.2 Å². The van der Waals surface area contributed by atoms with Gasteiger partial charge in [0, 0.05) is 37.6 Å². The lowest BCUT2D eigenvalue weighted by Gasteiger charge is -2.25. The second-order valence-corrected chi connectivity index (χ2v) is 7.30. The molecule has 3 rings (SSSR count). The summed E-state index contributed by atoms with van der Waals surface area (Å²) < 4.78 is 19.0. The lowest BCUT2D eigenvalue weighted by molar-refractivity contribution is -0.140. The van der Waals surface area contributed by atoms with Gasteiger partial charge in [0.05, 0.1) is 42.5 Å². The molecule has 1 N–H and O–H groups in total. The molecule has 0 saturated carbocycles. The number of nitrogens with zero attached hydrogens (tertiary/aromatic N) is 2. The van der Waals surface area contributed by atoms with Crippen molar-refractivity contribution in [2.24, 2.45) is 0 Å². The van der Waals surface area contributed by atoms with Gasteiger partial charge in [0.25, 0.3) is 0 Å². The van der Waals surface area contributed by atoms with E-state index in [0.717, 1.165) is 47.1 Å². The average molecular weight is 400 g/mol. The number of benzene rings is 1. The minimum Gasteiger partial charge on any atom is -0.493 e. The number of carboxylic acid groups (broad SMARTS) is 1. The van der Waals surface area contributed by atoms with E-state index in [-0.39, 0.29) is 6.42 Å². The Labute approximate surface area is 170 Å². The van der Waals surface area contributed by atoms with E-state index in [1.807, 2.05) is 13.0 Å². The molecule has 1 atom stereocenters. The number of nitriles is 1. The quantitative estimate of drug-likeness (QED) is 0.645. The van der Waals surface area contributed by atoms with Crippen molar-refractivity contribution in [3.8, 4) is 11.8 Å². The second kappa shape index (κ2) is 9.29. The maximum Gasteiger partial charge on any atom is 0.306 e. The molecule has 29 heavy (non-hydrogen) atoms. The summed E-state index contributed by atoms with van der Waals surface area (Å²) in [4.78, 5) is 11.4. The molecule has 1 aromatic carbocycles. The fourth-order valence-corrected chi connectivity index (χ4v) is 4.19. The van der Waals surface area contributed by atoms with Gasteiger partial charge in [0.2, 0.25) is 0 Å². The Bertz CT molecular complexity index is 941. The molecule has 1 aliphatic rings. The Morgan fingerprint density at radius 1 is 1.45 bits per heavy atom. The second-order valence-electron chi connectivity index (χ2n) is 7.30. The van der Waals surface area contributed by atoms with Crippen LogP contribution in [0.3, 0.4) is 0 Å². The predicted molar refractivity (Wildman–Crippen MR) is 108 cm³/mol. The first-order valence-corrected chi connectivity index (χ1v) is 10.1. The van der Waals surface area contributed by atoms with Gasteiger partial charge in [-0.3, -0.25) is 4.79 Å². The summed E-state index contributed by atoms with van der Waals surface area (Å²) in [5.74, 6) is -0.205. The van der Waals surface area contributed by atoms with E-state index in [1.54, 1.807) is 7.11 Å². The molecule has 7 heteroatoms. The lowest BCUT2D eigenvalue weighted by atomic mass is 9.96. The molecule has 1 aromatic heterocycles. The van der Waals surface area contributed by atoms with Crippen LogP contribution >= 0.6 is 0 Å². The molecule has 0 unspecified atom stereocenters. The van der Waals surface area contributed by atoms with E-state index in [0.29, 0.717) is 37.6 Å². The van der Waals surface area contributed by atoms with Crippen molar-refractivity contribution in [2.75, 3.05) is 26.9 Å². The predicted octanol–water partition coefficient (Wildman–Crippen LogP) is 3.74. The molecule has 0 aliphatic carbocycles. The van der Waals surface area contributed by atoms with E-state index in [2.05, 4.69) is 17.6 Å². The SMILES string of the molecule is CCCn1c2c(c3c(C#N)cc(OCCCOC)c(C)c31)CCO[C@@H]2CC(=O)O. The number of ether oxygens (including phenoxy) is 3. The first-order valence-electron chi connectivity index (χ1n) is 10.1. The minimum atomic E-state index is -0.893. The fraction of sp³-hybridized carbons (Fsp3) is 0.545. The van der Waals surface area contributed by atoms with E-state index in [9.17, 15) is 15.2 Å². The van der Waals surface area contributed by atoms with Crippen molar-refractivity contribution < 1.29 is 24.1 Å². The van der Waals surface area contributed by atoms with Crippen LogP contribution in [0.5, 0.6) is 5.75 Å². The van der Waals surface area contributed by atoms with Gasteiger partial charge in [-0.15, -0.1) is 0 Å². The van der Waals surface area contributed by atoms with Crippen LogP contribution in [-0.4, -0.2) is 42.6 Å². The highest BCUT2D eigenvalue weighted by molar-refractivity contribution is 5.95. The summed E-state index contributed by atoms with van der Waals surface area (Å²) >= 11 is 0. The molecule has 0 fully saturated rings. The Morgan fingerprint density at radius 2 is 2.24 bits per heavy atom. The van der Waals surface area contributed by atoms with Crippen LogP contribution in [0, 0.1) is 18.3 Å². The van der Waals surface area contributed by atoms with Crippen LogP contribution in [0.15, 0.2) is 6.07 Å². The Hall–Kier alpha value is -2.56. The van der Waals surface area contributed by atoms with E-state index >= 15 is 0 Å². The Kier molecular flexibility index (Phi) is 6.78. The number of carbonyl (C=O) groups is 1. The standard InChI is InChI=1S/C22H28N2O5/c1-4-7-24-21-14(2)17(28-9-5-8-27-3)11-15(13-23)20(21)16-6-10-29-18(22(16)24)12-19(25)26/h11,18H,4-10,12H2,1-3H3,(H,25,26)/t18-/m1/s1. The molecule has 2 heterocycles. The van der Waals surface area contributed by atoms with E-state index < -0.39 is 12.1 Å². The largest absolute Gasteiger partial charge is 0.493 e. The third kappa shape index (κ3) is 4.09. The van der Waals surface area contributed by atoms with Gasteiger partial charge in [-0.2, -0.15) is 5.26 Å². The van der Waals surface area contributed by atoms with E-state index in [4.69, 9.17) is 14.2 Å². The number of aryl methyl sites for hydroxylation is 2. The van der Waals surface area contributed by atoms with Crippen molar-refractivity contribution in [3.05, 3.63) is 28.5 Å². The monoisotopic (exact) mass is 400 g/mol. The number of rotatable bonds is 9. The number of aliphatic carboxylic acids is 1. The zero-order chi connectivity index (χ0) is 21.0. The molecular weight excluding hydrogens is 372 g/mol. The van der Waals surface area contributed by atoms with Gasteiger partial charge in [-0.1, -0.05) is 6.92 Å². The first-order chi connectivity index (χ1) is 14.0. The molecule has 1 aliphatic heterocycles. The normalized spacial score (nSPS) is 15.9. The van der Waals surface area contributed by atoms with Crippen LogP contribution in [0.1, 0.15) is 54.7 Å². The van der Waals surface area contributed by atoms with Crippen molar-refractivity contribution in [2.45, 2.75) is 52.2 Å². The summed E-state index contributed by atoms with van der Waals surface area (Å²) in [5, 5.41) is 20.1. The van der Waals surface area contributed by atoms with Crippen LogP contribution in [0.4, 0.5) is 0 Å². The number of carboxylic acids is 1. The Morgan fingerprint density at radius 3 is 2.90 bits per heavy atom. The number of fused-ring (bicyclic) bond motifs is 3. The van der Waals surface area contributed by atoms with Gasteiger partial charge in [0.1, 0.15) is 11.9 Å². The molecule has 156 valence electrons. The smallest absolute Gasteiger partial charge is 0.306 e. The van der Waals surface area contributed by atoms with Crippen molar-refractivity contribution in [3.63, 3.8) is 0 Å². The average Bonchev–Trinajstić information content (AvgIpc) is 3.03. The van der Waals surface area contributed by atoms with Crippen LogP contribution in [0.25, 0.3) is 10.9 Å². The Balaban J connectivity index is 2.20. The maximum absolute atomic E-state index is 11.4. The third-order valence-corrected chi connectivity index (χ3v) is 5.33. The molecule has 0 spiro atoms. The highest BCUT2D eigenvalue weighted by Crippen LogP contribution is 2.42. The van der Waals surface area contributed by atoms with Gasteiger partial charge in [-0.25, -0.2) is 0 Å². The molecule has 0 radical (unpaired) electrons. The number of hydrogen-bond donors (Lipinski definition) is 1. The maximum atomic E-state index is 11.4. The van der Waals surface area contributed by atoms with Crippen molar-refractivity contribution >= 4 is 16.9 Å².